The highest BCUT2D eigenvalue weighted by Crippen LogP contribution is 2.59. The maximum absolute atomic E-state index is 16.1. The number of anilines is 1. The van der Waals surface area contributed by atoms with Crippen LogP contribution in [-0.2, 0) is 27.6 Å². The van der Waals surface area contributed by atoms with Gasteiger partial charge in [0.05, 0.1) is 38.8 Å². The summed E-state index contributed by atoms with van der Waals surface area (Å²) in [4.78, 5) is 23.9. The minimum absolute atomic E-state index is 0.0818. The Morgan fingerprint density at radius 3 is 2.91 bits per heavy atom. The summed E-state index contributed by atoms with van der Waals surface area (Å²) in [6, 6.07) is -0.573. The van der Waals surface area contributed by atoms with Crippen molar-refractivity contribution in [2.24, 2.45) is 0 Å². The maximum atomic E-state index is 16.1. The predicted molar refractivity (Wildman–Crippen MR) is 118 cm³/mol. The molecule has 0 aliphatic carbocycles. The van der Waals surface area contributed by atoms with Crippen LogP contribution in [0.3, 0.4) is 0 Å². The first-order valence-corrected chi connectivity index (χ1v) is 12.5. The van der Waals surface area contributed by atoms with Crippen LogP contribution in [0.2, 0.25) is 0 Å². The number of halogens is 1. The fourth-order valence-electron chi connectivity index (χ4n) is 3.85. The number of nitrogens with two attached hydrogens (primary N) is 1. The van der Waals surface area contributed by atoms with Gasteiger partial charge in [0, 0.05) is 0 Å². The first-order valence-electron chi connectivity index (χ1n) is 11.1. The van der Waals surface area contributed by atoms with Crippen LogP contribution >= 0.6 is 7.82 Å². The van der Waals surface area contributed by atoms with E-state index in [1.54, 1.807) is 20.8 Å². The van der Waals surface area contributed by atoms with Gasteiger partial charge in [0.15, 0.2) is 23.1 Å². The summed E-state index contributed by atoms with van der Waals surface area (Å²) in [5, 5.41) is 2.50. The molecule has 0 spiro atoms. The van der Waals surface area contributed by atoms with Gasteiger partial charge in [-0.2, -0.15) is 9.97 Å². The third-order valence-corrected chi connectivity index (χ3v) is 6.80. The quantitative estimate of drug-likeness (QED) is 0.488. The Hall–Kier alpha value is -2.58. The lowest BCUT2D eigenvalue weighted by Gasteiger charge is -2.34. The van der Waals surface area contributed by atoms with Crippen LogP contribution in [-0.4, -0.2) is 76.0 Å². The molecule has 4 heterocycles. The molecule has 1 amide bonds. The number of alkyl carbamates (subject to hydrolysis) is 1. The largest absolute Gasteiger partial charge is 0.476 e. The second kappa shape index (κ2) is 9.82. The molecule has 194 valence electrons. The molecule has 1 unspecified atom stereocenters. The number of phosphoric ester groups is 1. The maximum Gasteiger partial charge on any atom is 0.475 e. The molecule has 2 aliphatic rings. The molecule has 6 atom stereocenters. The molecule has 2 aliphatic heterocycles. The monoisotopic (exact) mass is 518 g/mol. The van der Waals surface area contributed by atoms with E-state index in [4.69, 9.17) is 33.5 Å². The number of rotatable bonds is 8. The van der Waals surface area contributed by atoms with E-state index in [0.717, 1.165) is 0 Å². The summed E-state index contributed by atoms with van der Waals surface area (Å²) in [6.07, 6.45) is -2.76. The number of nitrogens with zero attached hydrogens (tertiary/aromatic N) is 4. The number of hydrogen-bond donors (Lipinski definition) is 2. The van der Waals surface area contributed by atoms with Crippen molar-refractivity contribution in [3.8, 4) is 5.88 Å². The number of nitrogens with one attached hydrogen (secondary N) is 1. The van der Waals surface area contributed by atoms with E-state index in [2.05, 4.69) is 20.3 Å². The van der Waals surface area contributed by atoms with Crippen LogP contribution < -0.4 is 15.8 Å². The molecule has 3 N–H and O–H groups in total. The van der Waals surface area contributed by atoms with Gasteiger partial charge in [-0.25, -0.2) is 18.7 Å². The average molecular weight is 518 g/mol. The number of alkyl halides is 1. The van der Waals surface area contributed by atoms with Gasteiger partial charge in [-0.15, -0.1) is 0 Å². The van der Waals surface area contributed by atoms with Crippen molar-refractivity contribution in [2.45, 2.75) is 57.8 Å². The van der Waals surface area contributed by atoms with E-state index in [9.17, 15) is 9.36 Å². The number of ether oxygens (including phenoxy) is 3. The summed E-state index contributed by atoms with van der Waals surface area (Å²) < 4.78 is 62.7. The number of hydrogen-bond acceptors (Lipinski definition) is 12. The van der Waals surface area contributed by atoms with Gasteiger partial charge in [0.1, 0.15) is 12.2 Å². The third kappa shape index (κ3) is 5.05. The summed E-state index contributed by atoms with van der Waals surface area (Å²) in [7, 11) is -4.15. The number of carbonyl (C=O) groups excluding carboxylic acids is 1. The van der Waals surface area contributed by atoms with Crippen molar-refractivity contribution in [3.63, 3.8) is 0 Å². The normalized spacial score (nSPS) is 31.2. The van der Waals surface area contributed by atoms with Crippen molar-refractivity contribution in [1.29, 1.82) is 0 Å². The zero-order chi connectivity index (χ0) is 25.4. The molecule has 0 saturated carbocycles. The summed E-state index contributed by atoms with van der Waals surface area (Å²) in [5.74, 6) is 0.0782. The molecule has 0 bridgehead atoms. The summed E-state index contributed by atoms with van der Waals surface area (Å²) in [6.45, 7) is 6.35. The molecule has 4 rings (SSSR count). The first kappa shape index (κ1) is 25.5. The summed E-state index contributed by atoms with van der Waals surface area (Å²) >= 11 is 0. The lowest BCUT2D eigenvalue weighted by Crippen LogP contribution is -2.45. The fourth-order valence-corrected chi connectivity index (χ4v) is 5.40. The van der Waals surface area contributed by atoms with Gasteiger partial charge in [-0.05, 0) is 27.7 Å². The number of imidazole rings is 1. The predicted octanol–water partition coefficient (Wildman–Crippen LogP) is 2.11. The third-order valence-electron chi connectivity index (χ3n) is 5.38. The van der Waals surface area contributed by atoms with Crippen molar-refractivity contribution in [1.82, 2.24) is 24.8 Å². The van der Waals surface area contributed by atoms with E-state index in [0.29, 0.717) is 6.61 Å². The van der Waals surface area contributed by atoms with Gasteiger partial charge in [-0.3, -0.25) is 18.1 Å². The van der Waals surface area contributed by atoms with E-state index < -0.39 is 44.1 Å². The van der Waals surface area contributed by atoms with Gasteiger partial charge < -0.3 is 25.3 Å². The Morgan fingerprint density at radius 2 is 2.20 bits per heavy atom. The molecule has 2 aromatic heterocycles. The van der Waals surface area contributed by atoms with Crippen LogP contribution in [0.5, 0.6) is 5.88 Å². The Kier molecular flexibility index (Phi) is 7.16. The number of amides is 1. The Morgan fingerprint density at radius 1 is 1.43 bits per heavy atom. The van der Waals surface area contributed by atoms with E-state index in [-0.39, 0.29) is 42.8 Å². The average Bonchev–Trinajstić information content (AvgIpc) is 3.31. The van der Waals surface area contributed by atoms with Crippen molar-refractivity contribution >= 4 is 31.0 Å². The van der Waals surface area contributed by atoms with Crippen molar-refractivity contribution in [3.05, 3.63) is 6.33 Å². The zero-order valence-corrected chi connectivity index (χ0v) is 20.6. The Balaban J connectivity index is 1.50. The SMILES string of the molecule is CCOC(=O)N[C@@H](C)COP1(=O)OC[C@H]2O[C@@H](n3cnc4c(OCC)nc(N)nc43)[C@](C)(F)[C@@H]2O1. The smallest absolute Gasteiger partial charge is 0.475 e. The van der Waals surface area contributed by atoms with E-state index in [1.165, 1.54) is 17.8 Å². The van der Waals surface area contributed by atoms with Crippen LogP contribution in [0.15, 0.2) is 6.33 Å². The van der Waals surface area contributed by atoms with Crippen molar-refractivity contribution < 1.29 is 41.5 Å². The molecule has 2 aromatic rings. The van der Waals surface area contributed by atoms with Crippen molar-refractivity contribution in [2.75, 3.05) is 32.2 Å². The van der Waals surface area contributed by atoms with Crippen LogP contribution in [0, 0.1) is 0 Å². The topological polar surface area (TPSA) is 171 Å². The van der Waals surface area contributed by atoms with Crippen LogP contribution in [0.4, 0.5) is 15.1 Å². The van der Waals surface area contributed by atoms with Gasteiger partial charge in [0.25, 0.3) is 0 Å². The van der Waals surface area contributed by atoms with E-state index in [1.807, 2.05) is 0 Å². The van der Waals surface area contributed by atoms with Crippen LogP contribution in [0.25, 0.3) is 11.2 Å². The van der Waals surface area contributed by atoms with Gasteiger partial charge in [-0.1, -0.05) is 0 Å². The first-order chi connectivity index (χ1) is 16.6. The van der Waals surface area contributed by atoms with Crippen LogP contribution in [0.1, 0.15) is 33.9 Å². The molecular formula is C19H28FN6O8P. The van der Waals surface area contributed by atoms with Gasteiger partial charge in [0.2, 0.25) is 11.8 Å². The fraction of sp³-hybridized carbons (Fsp3) is 0.684. The molecule has 35 heavy (non-hydrogen) atoms. The number of phosphoric acid groups is 1. The minimum atomic E-state index is -4.15. The number of carbonyl (C=O) groups is 1. The highest BCUT2D eigenvalue weighted by Gasteiger charge is 2.61. The Labute approximate surface area is 200 Å². The number of aromatic nitrogens is 4. The Bertz CT molecular complexity index is 1130. The second-order valence-electron chi connectivity index (χ2n) is 8.15. The molecule has 16 heteroatoms. The zero-order valence-electron chi connectivity index (χ0n) is 19.7. The summed E-state index contributed by atoms with van der Waals surface area (Å²) in [5.41, 5.74) is 4.09. The standard InChI is InChI=1S/C19H28FN6O8P/c1-5-29-15-12-14(24-17(21)25-15)26(9-22-12)16-19(4,20)13-11(33-16)8-32-35(28,34-13)31-7-10(3)23-18(27)30-6-2/h9-11,13,16H,5-8H2,1-4H3,(H,23,27)(H2,21,24,25)/t10-,11+,13+,16+,19+,35?/m0/s1. The second-order valence-corrected chi connectivity index (χ2v) is 9.77. The highest BCUT2D eigenvalue weighted by atomic mass is 31.2. The molecule has 14 nitrogen and oxygen atoms in total. The van der Waals surface area contributed by atoms with E-state index >= 15 is 4.39 Å². The van der Waals surface area contributed by atoms with Gasteiger partial charge >= 0.3 is 13.9 Å². The molecule has 2 fully saturated rings. The lowest BCUT2D eigenvalue weighted by molar-refractivity contribution is -0.0711. The molecule has 2 saturated heterocycles. The number of nitrogen functional groups attached to an aromatic ring is 1. The molecule has 0 radical (unpaired) electrons. The highest BCUT2D eigenvalue weighted by molar-refractivity contribution is 7.48. The molecular weight excluding hydrogens is 490 g/mol. The molecule has 0 aromatic carbocycles. The lowest BCUT2D eigenvalue weighted by atomic mass is 9.98. The number of fused-ring (bicyclic) bond motifs is 2. The minimum Gasteiger partial charge on any atom is -0.476 e.